The maximum Gasteiger partial charge on any atom is 0.338 e. The second-order valence-corrected chi connectivity index (χ2v) is 8.39. The Morgan fingerprint density at radius 3 is 2.41 bits per heavy atom. The topological polar surface area (TPSA) is 102 Å². The summed E-state index contributed by atoms with van der Waals surface area (Å²) in [6.45, 7) is 2.13. The van der Waals surface area contributed by atoms with Gasteiger partial charge in [0, 0.05) is 29.4 Å². The highest BCUT2D eigenvalue weighted by Gasteiger charge is 2.36. The summed E-state index contributed by atoms with van der Waals surface area (Å²) >= 11 is 5.81. The second kappa shape index (κ2) is 12.2. The van der Waals surface area contributed by atoms with Crippen molar-refractivity contribution in [2.75, 3.05) is 30.0 Å². The van der Waals surface area contributed by atoms with Crippen LogP contribution in [0, 0.1) is 5.92 Å². The van der Waals surface area contributed by atoms with Gasteiger partial charge in [-0.05, 0) is 55.0 Å². The molecule has 1 aliphatic rings. The molecule has 1 fully saturated rings. The number of nitrogens with one attached hydrogen (secondary N) is 1. The fraction of sp³-hybridized carbons (Fsp3) is 0.360. The summed E-state index contributed by atoms with van der Waals surface area (Å²) in [6.07, 6.45) is 2.85. The minimum absolute atomic E-state index is 0.0150. The average Bonchev–Trinajstić information content (AvgIpc) is 3.23. The summed E-state index contributed by atoms with van der Waals surface area (Å²) in [7, 11) is 0. The fourth-order valence-corrected chi connectivity index (χ4v) is 3.60. The number of halogens is 1. The van der Waals surface area contributed by atoms with Gasteiger partial charge in [-0.3, -0.25) is 14.4 Å². The summed E-state index contributed by atoms with van der Waals surface area (Å²) < 4.78 is 10.3. The second-order valence-electron chi connectivity index (χ2n) is 7.96. The number of unbranched alkanes of at least 4 members (excludes halogenated alkanes) is 2. The lowest BCUT2D eigenvalue weighted by Crippen LogP contribution is -2.28. The number of carbonyl (C=O) groups is 4. The van der Waals surface area contributed by atoms with Gasteiger partial charge in [0.15, 0.2) is 6.61 Å². The van der Waals surface area contributed by atoms with Gasteiger partial charge in [-0.2, -0.15) is 0 Å². The highest BCUT2D eigenvalue weighted by molar-refractivity contribution is 6.30. The van der Waals surface area contributed by atoms with E-state index in [1.165, 1.54) is 4.90 Å². The van der Waals surface area contributed by atoms with Crippen molar-refractivity contribution in [3.63, 3.8) is 0 Å². The van der Waals surface area contributed by atoms with Crippen LogP contribution in [0.15, 0.2) is 48.5 Å². The molecule has 0 aliphatic carbocycles. The molecule has 1 saturated heterocycles. The standard InChI is InChI=1S/C25H27ClN2O6/c1-2-3-4-13-33-24(31)17-5-11-21(12-6-17)28-15-18(14-23(28)30)25(32)34-16-22(29)27-20-9-7-19(26)8-10-20/h5-12,18H,2-4,13-16H2,1H3,(H,27,29)/t18-/m0/s1. The lowest BCUT2D eigenvalue weighted by molar-refractivity contribution is -0.151. The average molecular weight is 487 g/mol. The number of amides is 2. The molecular formula is C25H27ClN2O6. The zero-order chi connectivity index (χ0) is 24.5. The van der Waals surface area contributed by atoms with E-state index in [4.69, 9.17) is 21.1 Å². The van der Waals surface area contributed by atoms with Crippen LogP contribution in [0.2, 0.25) is 5.02 Å². The summed E-state index contributed by atoms with van der Waals surface area (Å²) in [5, 5.41) is 3.14. The van der Waals surface area contributed by atoms with Gasteiger partial charge in [0.2, 0.25) is 5.91 Å². The molecule has 1 heterocycles. The van der Waals surface area contributed by atoms with Gasteiger partial charge in [-0.1, -0.05) is 31.4 Å². The molecule has 0 unspecified atom stereocenters. The maximum atomic E-state index is 12.5. The van der Waals surface area contributed by atoms with Crippen molar-refractivity contribution >= 4 is 46.7 Å². The normalized spacial score (nSPS) is 15.2. The molecule has 1 atom stereocenters. The SMILES string of the molecule is CCCCCOC(=O)c1ccc(N2C[C@@H](C(=O)OCC(=O)Nc3ccc(Cl)cc3)CC2=O)cc1. The van der Waals surface area contributed by atoms with E-state index in [2.05, 4.69) is 12.2 Å². The van der Waals surface area contributed by atoms with E-state index in [9.17, 15) is 19.2 Å². The Bertz CT molecular complexity index is 1020. The van der Waals surface area contributed by atoms with Crippen LogP contribution in [0.4, 0.5) is 11.4 Å². The van der Waals surface area contributed by atoms with Gasteiger partial charge in [0.1, 0.15) is 0 Å². The third kappa shape index (κ3) is 7.05. The number of hydrogen-bond donors (Lipinski definition) is 1. The zero-order valence-corrected chi connectivity index (χ0v) is 19.7. The lowest BCUT2D eigenvalue weighted by atomic mass is 10.1. The van der Waals surface area contributed by atoms with Gasteiger partial charge in [0.25, 0.3) is 5.91 Å². The number of benzene rings is 2. The molecule has 34 heavy (non-hydrogen) atoms. The van der Waals surface area contributed by atoms with E-state index >= 15 is 0 Å². The van der Waals surface area contributed by atoms with Crippen LogP contribution in [0.25, 0.3) is 0 Å². The fourth-order valence-electron chi connectivity index (χ4n) is 3.48. The number of hydrogen-bond acceptors (Lipinski definition) is 6. The Morgan fingerprint density at radius 2 is 1.74 bits per heavy atom. The Kier molecular flexibility index (Phi) is 9.04. The molecule has 2 aromatic rings. The van der Waals surface area contributed by atoms with Crippen LogP contribution in [0.5, 0.6) is 0 Å². The summed E-state index contributed by atoms with van der Waals surface area (Å²) in [5.41, 5.74) is 1.50. The van der Waals surface area contributed by atoms with Crippen LogP contribution < -0.4 is 10.2 Å². The Hall–Kier alpha value is -3.39. The van der Waals surface area contributed by atoms with Crippen LogP contribution in [-0.4, -0.2) is 43.5 Å². The summed E-state index contributed by atoms with van der Waals surface area (Å²) in [6, 6.07) is 13.0. The molecular weight excluding hydrogens is 460 g/mol. The Morgan fingerprint density at radius 1 is 1.03 bits per heavy atom. The van der Waals surface area contributed by atoms with Gasteiger partial charge in [-0.25, -0.2) is 4.79 Å². The molecule has 0 radical (unpaired) electrons. The van der Waals surface area contributed by atoms with Gasteiger partial charge >= 0.3 is 11.9 Å². The summed E-state index contributed by atoms with van der Waals surface area (Å²) in [5.74, 6) is -2.43. The van der Waals surface area contributed by atoms with E-state index < -0.39 is 30.4 Å². The molecule has 0 bridgehead atoms. The Balaban J connectivity index is 1.48. The first-order valence-electron chi connectivity index (χ1n) is 11.2. The minimum atomic E-state index is -0.681. The highest BCUT2D eigenvalue weighted by atomic mass is 35.5. The number of rotatable bonds is 10. The number of nitrogens with zero attached hydrogens (tertiary/aromatic N) is 1. The molecule has 2 aromatic carbocycles. The van der Waals surface area contributed by atoms with Crippen molar-refractivity contribution in [2.24, 2.45) is 5.92 Å². The molecule has 2 amide bonds. The maximum absolute atomic E-state index is 12.5. The van der Waals surface area contributed by atoms with E-state index in [0.717, 1.165) is 19.3 Å². The van der Waals surface area contributed by atoms with Crippen LogP contribution in [0.1, 0.15) is 43.0 Å². The monoisotopic (exact) mass is 486 g/mol. The van der Waals surface area contributed by atoms with Crippen LogP contribution in [-0.2, 0) is 23.9 Å². The van der Waals surface area contributed by atoms with Crippen molar-refractivity contribution in [1.29, 1.82) is 0 Å². The predicted octanol–water partition coefficient (Wildman–Crippen LogP) is 4.22. The number of ether oxygens (including phenoxy) is 2. The van der Waals surface area contributed by atoms with Crippen molar-refractivity contribution in [1.82, 2.24) is 0 Å². The molecule has 3 rings (SSSR count). The third-order valence-electron chi connectivity index (χ3n) is 5.33. The molecule has 0 saturated carbocycles. The molecule has 1 aliphatic heterocycles. The smallest absolute Gasteiger partial charge is 0.338 e. The minimum Gasteiger partial charge on any atom is -0.462 e. The van der Waals surface area contributed by atoms with Crippen molar-refractivity contribution in [2.45, 2.75) is 32.6 Å². The number of carbonyl (C=O) groups excluding carboxylic acids is 4. The van der Waals surface area contributed by atoms with E-state index in [1.807, 2.05) is 0 Å². The number of anilines is 2. The molecule has 8 nitrogen and oxygen atoms in total. The quantitative estimate of drug-likeness (QED) is 0.398. The molecule has 1 N–H and O–H groups in total. The van der Waals surface area contributed by atoms with Crippen LogP contribution in [0.3, 0.4) is 0 Å². The van der Waals surface area contributed by atoms with E-state index in [0.29, 0.717) is 28.6 Å². The lowest BCUT2D eigenvalue weighted by Gasteiger charge is -2.17. The van der Waals surface area contributed by atoms with Crippen molar-refractivity contribution in [3.8, 4) is 0 Å². The van der Waals surface area contributed by atoms with Crippen molar-refractivity contribution in [3.05, 3.63) is 59.1 Å². The van der Waals surface area contributed by atoms with E-state index in [-0.39, 0.29) is 18.9 Å². The van der Waals surface area contributed by atoms with Gasteiger partial charge in [0.05, 0.1) is 18.1 Å². The largest absolute Gasteiger partial charge is 0.462 e. The first kappa shape index (κ1) is 25.2. The van der Waals surface area contributed by atoms with Crippen molar-refractivity contribution < 1.29 is 28.7 Å². The molecule has 0 aromatic heterocycles. The Labute approximate surface area is 203 Å². The predicted molar refractivity (Wildman–Crippen MR) is 128 cm³/mol. The first-order valence-corrected chi connectivity index (χ1v) is 11.5. The van der Waals surface area contributed by atoms with Gasteiger partial charge < -0.3 is 19.7 Å². The number of esters is 2. The first-order chi connectivity index (χ1) is 16.4. The zero-order valence-electron chi connectivity index (χ0n) is 18.9. The molecule has 0 spiro atoms. The van der Waals surface area contributed by atoms with E-state index in [1.54, 1.807) is 48.5 Å². The highest BCUT2D eigenvalue weighted by Crippen LogP contribution is 2.26. The van der Waals surface area contributed by atoms with Crippen LogP contribution >= 0.6 is 11.6 Å². The summed E-state index contributed by atoms with van der Waals surface area (Å²) in [4.78, 5) is 50.4. The third-order valence-corrected chi connectivity index (χ3v) is 5.58. The molecule has 180 valence electrons. The van der Waals surface area contributed by atoms with Gasteiger partial charge in [-0.15, -0.1) is 0 Å². The molecule has 9 heteroatoms.